The van der Waals surface area contributed by atoms with E-state index in [9.17, 15) is 14.7 Å². The normalized spacial score (nSPS) is 24.8. The number of aromatic nitrogens is 3. The maximum Gasteiger partial charge on any atom is 0.268 e. The highest BCUT2D eigenvalue weighted by molar-refractivity contribution is 6.72. The van der Waals surface area contributed by atoms with Gasteiger partial charge in [0.2, 0.25) is 14.3 Å². The van der Waals surface area contributed by atoms with E-state index >= 15 is 4.11 Å². The Morgan fingerprint density at radius 3 is 2.44 bits per heavy atom. The highest BCUT2D eigenvalue weighted by atomic mass is 28.4. The molecular formula is C37H42FN5O4Si. The van der Waals surface area contributed by atoms with Crippen LogP contribution in [0.3, 0.4) is 0 Å². The second-order valence-corrected chi connectivity index (χ2v) is 17.6. The molecule has 2 amide bonds. The number of anilines is 3. The molecular weight excluding hydrogens is 626 g/mol. The molecule has 3 aliphatic heterocycles. The van der Waals surface area contributed by atoms with E-state index < -0.39 is 31.6 Å². The number of aliphatic hydroxyl groups is 1. The number of nitrogens with zero attached hydrogens (tertiary/aromatic N) is 5. The molecule has 0 saturated carbocycles. The number of piperidine rings is 1. The minimum atomic E-state index is -3.39. The van der Waals surface area contributed by atoms with E-state index in [0.29, 0.717) is 48.6 Å². The number of hydrogen-bond acceptors (Lipinski definition) is 6. The van der Waals surface area contributed by atoms with Crippen molar-refractivity contribution in [2.45, 2.75) is 75.4 Å². The van der Waals surface area contributed by atoms with Crippen molar-refractivity contribution in [2.24, 2.45) is 5.92 Å². The van der Waals surface area contributed by atoms with Gasteiger partial charge in [-0.2, -0.15) is 0 Å². The van der Waals surface area contributed by atoms with Crippen LogP contribution in [0.1, 0.15) is 55.3 Å². The lowest BCUT2D eigenvalue weighted by atomic mass is 9.82. The van der Waals surface area contributed by atoms with Gasteiger partial charge in [0.15, 0.2) is 5.60 Å². The monoisotopic (exact) mass is 667 g/mol. The van der Waals surface area contributed by atoms with Crippen molar-refractivity contribution >= 4 is 37.3 Å². The minimum absolute atomic E-state index is 0.0656. The minimum Gasteiger partial charge on any atom is -0.395 e. The predicted octanol–water partition coefficient (Wildman–Crippen LogP) is 6.46. The Kier molecular flexibility index (Phi) is 8.55. The van der Waals surface area contributed by atoms with Crippen molar-refractivity contribution in [3.63, 3.8) is 0 Å². The standard InChI is InChI=1S/C37H42FN5O4Si/c1-25-35(48(2,3)38)33(19-21-41-23-31(39-40-41)29(24-44)26-12-6-4-7-13-26)47-37(25)30-22-28(42-20-11-10-16-34(42)45)17-18-32(30)43(36(37)46)27-14-8-5-9-15-27/h4-9,12-15,17-18,22-23,25,29,33,35,44H,10-11,16,19-21,24H2,1-3H3/t25-,29?,33+,35-,37+/m1/s1. The molecule has 2 fully saturated rings. The number of carbonyl (C=O) groups excluding carboxylic acids is 2. The van der Waals surface area contributed by atoms with E-state index in [1.54, 1.807) is 27.6 Å². The van der Waals surface area contributed by atoms with Gasteiger partial charge in [-0.25, -0.2) is 0 Å². The maximum absolute atomic E-state index is 16.5. The molecule has 0 bridgehead atoms. The van der Waals surface area contributed by atoms with E-state index in [1.165, 1.54) is 0 Å². The molecule has 0 radical (unpaired) electrons. The Bertz CT molecular complexity index is 1800. The molecule has 11 heteroatoms. The first-order chi connectivity index (χ1) is 23.1. The summed E-state index contributed by atoms with van der Waals surface area (Å²) in [5.74, 6) is -0.949. The average Bonchev–Trinajstić information content (AvgIpc) is 3.74. The van der Waals surface area contributed by atoms with Gasteiger partial charge in [-0.3, -0.25) is 19.2 Å². The van der Waals surface area contributed by atoms with Crippen LogP contribution in [0.25, 0.3) is 0 Å². The van der Waals surface area contributed by atoms with Gasteiger partial charge in [-0.05, 0) is 68.3 Å². The first kappa shape index (κ1) is 32.4. The van der Waals surface area contributed by atoms with Crippen molar-refractivity contribution < 1.29 is 23.5 Å². The number of halogens is 1. The third kappa shape index (κ3) is 5.47. The number of aliphatic hydroxyl groups excluding tert-OH is 1. The topological polar surface area (TPSA) is 101 Å². The second-order valence-electron chi connectivity index (χ2n) is 13.8. The molecule has 3 aliphatic rings. The van der Waals surface area contributed by atoms with E-state index in [4.69, 9.17) is 4.74 Å². The molecule has 9 nitrogen and oxygen atoms in total. The molecule has 4 aromatic rings. The number of rotatable bonds is 9. The molecule has 1 N–H and O–H groups in total. The fourth-order valence-electron chi connectivity index (χ4n) is 8.21. The summed E-state index contributed by atoms with van der Waals surface area (Å²) >= 11 is 0. The lowest BCUT2D eigenvalue weighted by molar-refractivity contribution is -0.145. The van der Waals surface area contributed by atoms with Crippen molar-refractivity contribution in [3.05, 3.63) is 102 Å². The van der Waals surface area contributed by atoms with Crippen LogP contribution >= 0.6 is 0 Å². The highest BCUT2D eigenvalue weighted by Crippen LogP contribution is 2.61. The van der Waals surface area contributed by atoms with Gasteiger partial charge in [-0.1, -0.05) is 60.7 Å². The Balaban J connectivity index is 1.24. The molecule has 250 valence electrons. The third-order valence-corrected chi connectivity index (χ3v) is 12.9. The number of aryl methyl sites for hydroxylation is 1. The largest absolute Gasteiger partial charge is 0.395 e. The molecule has 7 rings (SSSR count). The third-order valence-electron chi connectivity index (χ3n) is 10.4. The van der Waals surface area contributed by atoms with Crippen LogP contribution in [-0.4, -0.2) is 59.6 Å². The highest BCUT2D eigenvalue weighted by Gasteiger charge is 2.67. The van der Waals surface area contributed by atoms with Crippen molar-refractivity contribution in [2.75, 3.05) is 23.0 Å². The van der Waals surface area contributed by atoms with Gasteiger partial charge in [0.1, 0.15) is 0 Å². The zero-order chi connectivity index (χ0) is 33.6. The molecule has 1 aromatic heterocycles. The molecule has 2 saturated heterocycles. The van der Waals surface area contributed by atoms with Gasteiger partial charge < -0.3 is 18.9 Å². The van der Waals surface area contributed by atoms with Gasteiger partial charge in [0.25, 0.3) is 5.91 Å². The van der Waals surface area contributed by atoms with E-state index in [0.717, 1.165) is 24.1 Å². The molecule has 4 heterocycles. The Labute approximate surface area is 281 Å². The lowest BCUT2D eigenvalue weighted by Crippen LogP contribution is -2.44. The number of para-hydroxylation sites is 1. The number of benzene rings is 3. The molecule has 5 atom stereocenters. The fraction of sp³-hybridized carbons (Fsp3) is 0.405. The Morgan fingerprint density at radius 1 is 1.02 bits per heavy atom. The van der Waals surface area contributed by atoms with Crippen LogP contribution in [0.5, 0.6) is 0 Å². The van der Waals surface area contributed by atoms with Crippen LogP contribution < -0.4 is 9.80 Å². The van der Waals surface area contributed by atoms with E-state index in [2.05, 4.69) is 10.3 Å². The van der Waals surface area contributed by atoms with Gasteiger partial charge in [-0.15, -0.1) is 5.10 Å². The van der Waals surface area contributed by atoms with E-state index in [1.807, 2.05) is 92.0 Å². The van der Waals surface area contributed by atoms with Crippen LogP contribution in [0.2, 0.25) is 18.6 Å². The smallest absolute Gasteiger partial charge is 0.268 e. The zero-order valence-electron chi connectivity index (χ0n) is 27.6. The zero-order valence-corrected chi connectivity index (χ0v) is 28.6. The number of carbonyl (C=O) groups is 2. The Morgan fingerprint density at radius 2 is 1.75 bits per heavy atom. The summed E-state index contributed by atoms with van der Waals surface area (Å²) in [5, 5.41) is 18.9. The van der Waals surface area contributed by atoms with Crippen molar-refractivity contribution in [1.82, 2.24) is 15.0 Å². The molecule has 1 unspecified atom stereocenters. The molecule has 3 aromatic carbocycles. The van der Waals surface area contributed by atoms with Gasteiger partial charge in [0, 0.05) is 54.1 Å². The molecule has 1 spiro atoms. The lowest BCUT2D eigenvalue weighted by Gasteiger charge is -2.32. The summed E-state index contributed by atoms with van der Waals surface area (Å²) in [7, 11) is -3.39. The van der Waals surface area contributed by atoms with Gasteiger partial charge >= 0.3 is 0 Å². The fourth-order valence-corrected chi connectivity index (χ4v) is 10.7. The molecule has 0 aliphatic carbocycles. The first-order valence-electron chi connectivity index (χ1n) is 16.9. The van der Waals surface area contributed by atoms with Crippen molar-refractivity contribution in [3.8, 4) is 0 Å². The van der Waals surface area contributed by atoms with Crippen LogP contribution in [0.15, 0.2) is 85.1 Å². The number of amides is 2. The first-order valence-corrected chi connectivity index (χ1v) is 19.9. The van der Waals surface area contributed by atoms with E-state index in [-0.39, 0.29) is 24.3 Å². The number of ether oxygens (including phenoxy) is 1. The summed E-state index contributed by atoms with van der Waals surface area (Å²) in [6.45, 7) is 6.26. The van der Waals surface area contributed by atoms with Crippen molar-refractivity contribution in [1.29, 1.82) is 0 Å². The molecule has 48 heavy (non-hydrogen) atoms. The second kappa shape index (κ2) is 12.7. The number of hydrogen-bond donors (Lipinski definition) is 1. The summed E-state index contributed by atoms with van der Waals surface area (Å²) in [4.78, 5) is 31.3. The van der Waals surface area contributed by atoms with Gasteiger partial charge in [0.05, 0.1) is 30.0 Å². The summed E-state index contributed by atoms with van der Waals surface area (Å²) in [6.07, 6.45) is 3.96. The van der Waals surface area contributed by atoms with Crippen LogP contribution in [0, 0.1) is 5.92 Å². The van der Waals surface area contributed by atoms with Crippen LogP contribution in [-0.2, 0) is 26.5 Å². The Hall–Kier alpha value is -4.19. The average molecular weight is 668 g/mol. The van der Waals surface area contributed by atoms with Crippen LogP contribution in [0.4, 0.5) is 21.2 Å². The summed E-state index contributed by atoms with van der Waals surface area (Å²) in [5.41, 5.74) is 2.51. The predicted molar refractivity (Wildman–Crippen MR) is 184 cm³/mol. The summed E-state index contributed by atoms with van der Waals surface area (Å²) in [6, 6.07) is 24.9. The summed E-state index contributed by atoms with van der Waals surface area (Å²) < 4.78 is 25.2. The SMILES string of the molecule is C[C@@H]1[C@@H]([Si](C)(C)F)[C@H](CCn2cc(C(CO)c3ccccc3)nn2)O[C@@]12C(=O)N(c1ccccc1)c1ccc(N3CCCCC3=O)cc12. The number of fused-ring (bicyclic) bond motifs is 2. The quantitative estimate of drug-likeness (QED) is 0.162. The maximum atomic E-state index is 16.5.